The highest BCUT2D eigenvalue weighted by molar-refractivity contribution is 7.89. The Morgan fingerprint density at radius 3 is 2.16 bits per heavy atom. The number of sulfonamides is 1. The number of halogens is 1. The molecule has 3 aliphatic rings. The third kappa shape index (κ3) is 6.93. The maximum absolute atomic E-state index is 14.7. The largest absolute Gasteiger partial charge is 0.497 e. The van der Waals surface area contributed by atoms with Crippen molar-refractivity contribution in [2.75, 3.05) is 45.4 Å². The number of benzene rings is 4. The molecule has 0 radical (unpaired) electrons. The van der Waals surface area contributed by atoms with E-state index in [0.29, 0.717) is 36.3 Å². The molecule has 2 aliphatic carbocycles. The van der Waals surface area contributed by atoms with Crippen LogP contribution in [-0.2, 0) is 34.9 Å². The van der Waals surface area contributed by atoms with Gasteiger partial charge in [-0.15, -0.1) is 0 Å². The molecule has 1 N–H and O–H groups in total. The molecule has 1 unspecified atom stereocenters. The monoisotopic (exact) mass is 716 g/mol. The number of aliphatic hydroxyl groups excluding tert-OH is 1. The van der Waals surface area contributed by atoms with Crippen molar-refractivity contribution < 1.29 is 27.7 Å². The van der Waals surface area contributed by atoms with E-state index in [-0.39, 0.29) is 35.9 Å². The average Bonchev–Trinajstić information content (AvgIpc) is 3.27. The van der Waals surface area contributed by atoms with Gasteiger partial charge in [0.1, 0.15) is 17.2 Å². The Morgan fingerprint density at radius 1 is 0.900 bits per heavy atom. The van der Waals surface area contributed by atoms with Crippen LogP contribution in [0.25, 0.3) is 0 Å². The van der Waals surface area contributed by atoms with Crippen LogP contribution >= 0.6 is 11.6 Å². The molecule has 1 aliphatic heterocycles. The molecule has 8 nitrogen and oxygen atoms in total. The van der Waals surface area contributed by atoms with Crippen LogP contribution in [0.2, 0.25) is 5.02 Å². The van der Waals surface area contributed by atoms with Crippen LogP contribution in [0.3, 0.4) is 0 Å². The molecule has 0 amide bonds. The van der Waals surface area contributed by atoms with Crippen LogP contribution in [0.1, 0.15) is 47.9 Å². The van der Waals surface area contributed by atoms with Crippen molar-refractivity contribution in [3.05, 3.63) is 112 Å². The summed E-state index contributed by atoms with van der Waals surface area (Å²) < 4.78 is 48.3. The number of methoxy groups -OCH3 is 2. The number of ether oxygens (including phenoxy) is 3. The summed E-state index contributed by atoms with van der Waals surface area (Å²) in [6.07, 6.45) is 5.00. The topological polar surface area (TPSA) is 88.5 Å². The summed E-state index contributed by atoms with van der Waals surface area (Å²) >= 11 is 6.44. The molecule has 4 aromatic carbocycles. The summed E-state index contributed by atoms with van der Waals surface area (Å²) in [6, 6.07) is 26.5. The minimum absolute atomic E-state index is 0.161. The molecule has 264 valence electrons. The first-order chi connectivity index (χ1) is 24.2. The number of nitrogens with zero attached hydrogens (tertiary/aromatic N) is 2. The Hall–Kier alpha value is -3.76. The van der Waals surface area contributed by atoms with E-state index in [4.69, 9.17) is 25.8 Å². The molecule has 1 spiro atoms. The van der Waals surface area contributed by atoms with E-state index in [1.807, 2.05) is 60.7 Å². The minimum atomic E-state index is -3.99. The second-order valence-corrected chi connectivity index (χ2v) is 16.4. The summed E-state index contributed by atoms with van der Waals surface area (Å²) in [7, 11) is -0.763. The molecular weight excluding hydrogens is 672 g/mol. The van der Waals surface area contributed by atoms with Crippen LogP contribution in [0.5, 0.6) is 17.2 Å². The summed E-state index contributed by atoms with van der Waals surface area (Å²) in [5.74, 6) is 2.66. The molecular formula is C40H45ClN2O6S. The van der Waals surface area contributed by atoms with Gasteiger partial charge < -0.3 is 24.2 Å². The molecule has 10 heteroatoms. The van der Waals surface area contributed by atoms with Gasteiger partial charge in [0.2, 0.25) is 10.0 Å². The van der Waals surface area contributed by atoms with E-state index in [1.165, 1.54) is 15.4 Å². The molecule has 50 heavy (non-hydrogen) atoms. The third-order valence-corrected chi connectivity index (χ3v) is 13.0. The zero-order valence-corrected chi connectivity index (χ0v) is 30.3. The molecule has 1 fully saturated rings. The molecule has 7 rings (SSSR count). The van der Waals surface area contributed by atoms with E-state index in [2.05, 4.69) is 17.0 Å². The second kappa shape index (κ2) is 14.5. The van der Waals surface area contributed by atoms with Gasteiger partial charge in [-0.25, -0.2) is 8.42 Å². The van der Waals surface area contributed by atoms with Gasteiger partial charge in [0, 0.05) is 43.2 Å². The van der Waals surface area contributed by atoms with Crippen molar-refractivity contribution in [1.29, 1.82) is 0 Å². The van der Waals surface area contributed by atoms with Crippen molar-refractivity contribution in [1.82, 2.24) is 4.31 Å². The van der Waals surface area contributed by atoms with Crippen LogP contribution < -0.4 is 19.1 Å². The molecule has 3 atom stereocenters. The van der Waals surface area contributed by atoms with E-state index in [1.54, 1.807) is 26.4 Å². The highest BCUT2D eigenvalue weighted by Gasteiger charge is 2.43. The van der Waals surface area contributed by atoms with Gasteiger partial charge >= 0.3 is 0 Å². The van der Waals surface area contributed by atoms with Crippen molar-refractivity contribution in [3.63, 3.8) is 0 Å². The molecule has 1 heterocycles. The molecule has 4 aromatic rings. The number of anilines is 1. The van der Waals surface area contributed by atoms with Crippen molar-refractivity contribution in [3.8, 4) is 17.2 Å². The molecule has 0 saturated heterocycles. The lowest BCUT2D eigenvalue weighted by atomic mass is 9.69. The van der Waals surface area contributed by atoms with Crippen molar-refractivity contribution in [2.24, 2.45) is 11.8 Å². The fourth-order valence-corrected chi connectivity index (χ4v) is 9.53. The Balaban J connectivity index is 1.26. The molecule has 0 aromatic heterocycles. The lowest BCUT2D eigenvalue weighted by Crippen LogP contribution is -2.48. The third-order valence-electron chi connectivity index (χ3n) is 10.9. The number of fused-ring (bicyclic) bond motifs is 3. The zero-order valence-electron chi connectivity index (χ0n) is 28.7. The average molecular weight is 717 g/mol. The Morgan fingerprint density at radius 2 is 1.56 bits per heavy atom. The van der Waals surface area contributed by atoms with Crippen LogP contribution in [-0.4, -0.2) is 58.4 Å². The minimum Gasteiger partial charge on any atom is -0.497 e. The fraction of sp³-hybridized carbons (Fsp3) is 0.400. The SMILES string of the molecule is COc1ccc(CN(Cc2ccc(OC)cc2)S(=O)(=O)c2ccc3c(c2)N(C[C@@H]2CCC2CO)C[C@@]2(CCCc4cc(Cl)ccc42)CO3)cc1. The Bertz CT molecular complexity index is 1870. The normalized spacial score (nSPS) is 21.5. The van der Waals surface area contributed by atoms with E-state index in [9.17, 15) is 13.5 Å². The summed E-state index contributed by atoms with van der Waals surface area (Å²) in [6.45, 7) is 2.42. The van der Waals surface area contributed by atoms with Gasteiger partial charge in [0.25, 0.3) is 0 Å². The summed E-state index contributed by atoms with van der Waals surface area (Å²) in [4.78, 5) is 2.56. The van der Waals surface area contributed by atoms with Gasteiger partial charge in [-0.2, -0.15) is 4.31 Å². The van der Waals surface area contributed by atoms with E-state index >= 15 is 0 Å². The highest BCUT2D eigenvalue weighted by Crippen LogP contribution is 2.46. The maximum Gasteiger partial charge on any atom is 0.243 e. The van der Waals surface area contributed by atoms with Gasteiger partial charge in [-0.05, 0) is 121 Å². The van der Waals surface area contributed by atoms with E-state index < -0.39 is 10.0 Å². The summed E-state index contributed by atoms with van der Waals surface area (Å²) in [5, 5.41) is 10.8. The maximum atomic E-state index is 14.7. The lowest BCUT2D eigenvalue weighted by molar-refractivity contribution is 0.0936. The quantitative estimate of drug-likeness (QED) is 0.175. The Kier molecular flexibility index (Phi) is 10.0. The fourth-order valence-electron chi connectivity index (χ4n) is 7.90. The first kappa shape index (κ1) is 34.7. The van der Waals surface area contributed by atoms with Gasteiger partial charge in [-0.1, -0.05) is 41.9 Å². The highest BCUT2D eigenvalue weighted by atomic mass is 35.5. The first-order valence-corrected chi connectivity index (χ1v) is 19.2. The standard InChI is InChI=1S/C40H45ClN2O6S/c1-47-34-12-5-28(6-13-34)22-43(23-29-7-14-35(48-2)15-8-29)50(45,46)36-16-18-39-38(21-36)42(24-31-9-10-32(31)25-44)26-40(27-49-39)19-3-4-30-20-33(41)11-17-37(30)40/h5-8,11-18,20-21,31-32,44H,3-4,9-10,19,22-27H2,1-2H3/t31-,32?,40-/m0/s1. The number of hydrogen-bond acceptors (Lipinski definition) is 7. The number of rotatable bonds is 11. The second-order valence-electron chi connectivity index (χ2n) is 14.0. The van der Waals surface area contributed by atoms with Crippen molar-refractivity contribution in [2.45, 2.75) is 55.5 Å². The predicted octanol–water partition coefficient (Wildman–Crippen LogP) is 7.24. The van der Waals surface area contributed by atoms with Crippen LogP contribution in [0, 0.1) is 11.8 Å². The lowest BCUT2D eigenvalue weighted by Gasteiger charge is -2.44. The molecule has 1 saturated carbocycles. The smallest absolute Gasteiger partial charge is 0.243 e. The number of hydrogen-bond donors (Lipinski definition) is 1. The van der Waals surface area contributed by atoms with Gasteiger partial charge in [0.05, 0.1) is 31.4 Å². The number of aliphatic hydroxyl groups is 1. The Labute approximate surface area is 300 Å². The number of aryl methyl sites for hydroxylation is 1. The molecule has 0 bridgehead atoms. The van der Waals surface area contributed by atoms with Gasteiger partial charge in [-0.3, -0.25) is 0 Å². The predicted molar refractivity (Wildman–Crippen MR) is 196 cm³/mol. The van der Waals surface area contributed by atoms with Crippen molar-refractivity contribution >= 4 is 27.3 Å². The van der Waals surface area contributed by atoms with Gasteiger partial charge in [0.15, 0.2) is 0 Å². The van der Waals surface area contributed by atoms with E-state index in [0.717, 1.165) is 60.5 Å². The van der Waals surface area contributed by atoms with Crippen LogP contribution in [0.15, 0.2) is 89.8 Å². The van der Waals surface area contributed by atoms with Crippen LogP contribution in [0.4, 0.5) is 5.69 Å². The first-order valence-electron chi connectivity index (χ1n) is 17.4. The summed E-state index contributed by atoms with van der Waals surface area (Å²) in [5.41, 5.74) is 4.72. The zero-order chi connectivity index (χ0) is 34.9.